The standard InChI is InChI=1S/C29H31F3O/c1-3-33-24-15-17-25(27(30)18-24)21-11-6-20(7-12-21)8-13-23-14-16-26(29(32)28(23)31)22-9-4-19(2)5-10-22/h4-5,9-10,14-18,20-21H,3,6-8,11-13H2,1-2H3. The van der Waals surface area contributed by atoms with Crippen molar-refractivity contribution in [2.45, 2.75) is 58.3 Å². The van der Waals surface area contributed by atoms with E-state index in [9.17, 15) is 13.2 Å². The summed E-state index contributed by atoms with van der Waals surface area (Å²) in [5.74, 6) is -0.485. The topological polar surface area (TPSA) is 9.23 Å². The van der Waals surface area contributed by atoms with E-state index in [0.29, 0.717) is 41.4 Å². The molecule has 1 aliphatic carbocycles. The lowest BCUT2D eigenvalue weighted by Crippen LogP contribution is -2.15. The van der Waals surface area contributed by atoms with Gasteiger partial charge >= 0.3 is 0 Å². The Kier molecular flexibility index (Phi) is 7.42. The molecule has 0 atom stereocenters. The first-order valence-electron chi connectivity index (χ1n) is 11.9. The zero-order chi connectivity index (χ0) is 23.4. The molecule has 4 rings (SSSR count). The molecule has 3 aromatic carbocycles. The van der Waals surface area contributed by atoms with Crippen molar-refractivity contribution in [1.29, 1.82) is 0 Å². The molecule has 0 N–H and O–H groups in total. The number of hydrogen-bond acceptors (Lipinski definition) is 1. The highest BCUT2D eigenvalue weighted by molar-refractivity contribution is 5.65. The Morgan fingerprint density at radius 2 is 1.58 bits per heavy atom. The molecule has 1 saturated carbocycles. The van der Waals surface area contributed by atoms with Gasteiger partial charge in [0.2, 0.25) is 0 Å². The molecule has 0 bridgehead atoms. The largest absolute Gasteiger partial charge is 0.494 e. The Morgan fingerprint density at radius 1 is 0.848 bits per heavy atom. The van der Waals surface area contributed by atoms with Gasteiger partial charge in [-0.1, -0.05) is 48.0 Å². The minimum Gasteiger partial charge on any atom is -0.494 e. The maximum Gasteiger partial charge on any atom is 0.166 e. The van der Waals surface area contributed by atoms with Crippen molar-refractivity contribution in [3.8, 4) is 16.9 Å². The van der Waals surface area contributed by atoms with Gasteiger partial charge in [0.1, 0.15) is 11.6 Å². The summed E-state index contributed by atoms with van der Waals surface area (Å²) in [6, 6.07) is 16.0. The Bertz CT molecular complexity index is 1080. The molecule has 0 aromatic heterocycles. The lowest BCUT2D eigenvalue weighted by molar-refractivity contribution is 0.304. The molecule has 0 saturated heterocycles. The third-order valence-electron chi connectivity index (χ3n) is 6.92. The van der Waals surface area contributed by atoms with E-state index in [2.05, 4.69) is 0 Å². The molecule has 0 aliphatic heterocycles. The highest BCUT2D eigenvalue weighted by Crippen LogP contribution is 2.39. The number of halogens is 3. The molecule has 4 heteroatoms. The maximum atomic E-state index is 14.8. The van der Waals surface area contributed by atoms with Crippen molar-refractivity contribution in [2.75, 3.05) is 6.61 Å². The highest BCUT2D eigenvalue weighted by Gasteiger charge is 2.25. The van der Waals surface area contributed by atoms with E-state index in [4.69, 9.17) is 4.74 Å². The minimum absolute atomic E-state index is 0.199. The molecule has 0 spiro atoms. The third-order valence-corrected chi connectivity index (χ3v) is 6.92. The van der Waals surface area contributed by atoms with Crippen molar-refractivity contribution < 1.29 is 17.9 Å². The van der Waals surface area contributed by atoms with Crippen LogP contribution in [-0.2, 0) is 6.42 Å². The first kappa shape index (κ1) is 23.4. The SMILES string of the molecule is CCOc1ccc(C2CCC(CCc3ccc(-c4ccc(C)cc4)c(F)c3F)CC2)c(F)c1. The summed E-state index contributed by atoms with van der Waals surface area (Å²) in [5, 5.41) is 0. The first-order valence-corrected chi connectivity index (χ1v) is 11.9. The van der Waals surface area contributed by atoms with Crippen molar-refractivity contribution in [2.24, 2.45) is 5.92 Å². The van der Waals surface area contributed by atoms with Crippen LogP contribution >= 0.6 is 0 Å². The molecule has 174 valence electrons. The average molecular weight is 453 g/mol. The third kappa shape index (κ3) is 5.43. The number of rotatable bonds is 7. The van der Waals surface area contributed by atoms with Crippen LogP contribution in [0.1, 0.15) is 61.6 Å². The van der Waals surface area contributed by atoms with E-state index in [0.717, 1.165) is 43.2 Å². The maximum absolute atomic E-state index is 14.8. The Labute approximate surface area is 194 Å². The second kappa shape index (κ2) is 10.5. The molecular weight excluding hydrogens is 421 g/mol. The molecule has 1 aliphatic rings. The van der Waals surface area contributed by atoms with Crippen molar-refractivity contribution in [1.82, 2.24) is 0 Å². The summed E-state index contributed by atoms with van der Waals surface area (Å²) in [6.45, 7) is 4.36. The van der Waals surface area contributed by atoms with Crippen LogP contribution in [0.5, 0.6) is 5.75 Å². The second-order valence-corrected chi connectivity index (χ2v) is 9.14. The summed E-state index contributed by atoms with van der Waals surface area (Å²) in [6.07, 6.45) is 5.12. The Hall–Kier alpha value is -2.75. The van der Waals surface area contributed by atoms with Gasteiger partial charge in [-0.3, -0.25) is 0 Å². The van der Waals surface area contributed by atoms with Crippen molar-refractivity contribution in [3.63, 3.8) is 0 Å². The predicted molar refractivity (Wildman–Crippen MR) is 127 cm³/mol. The lowest BCUT2D eigenvalue weighted by Gasteiger charge is -2.29. The zero-order valence-corrected chi connectivity index (χ0v) is 19.3. The van der Waals surface area contributed by atoms with E-state index in [-0.39, 0.29) is 11.7 Å². The Morgan fingerprint density at radius 3 is 2.24 bits per heavy atom. The van der Waals surface area contributed by atoms with Crippen LogP contribution in [-0.4, -0.2) is 6.61 Å². The first-order chi connectivity index (χ1) is 16.0. The van der Waals surface area contributed by atoms with Gasteiger partial charge in [0.15, 0.2) is 11.6 Å². The van der Waals surface area contributed by atoms with E-state index in [1.807, 2.05) is 50.2 Å². The molecular formula is C29H31F3O. The van der Waals surface area contributed by atoms with E-state index in [1.54, 1.807) is 12.1 Å². The molecule has 1 fully saturated rings. The van der Waals surface area contributed by atoms with Gasteiger partial charge in [-0.05, 0) is 87.0 Å². The van der Waals surface area contributed by atoms with Crippen LogP contribution in [0.15, 0.2) is 54.6 Å². The molecule has 0 radical (unpaired) electrons. The van der Waals surface area contributed by atoms with Gasteiger partial charge < -0.3 is 4.74 Å². The van der Waals surface area contributed by atoms with Gasteiger partial charge in [0.05, 0.1) is 6.61 Å². The van der Waals surface area contributed by atoms with E-state index in [1.165, 1.54) is 6.07 Å². The quantitative estimate of drug-likeness (QED) is 0.350. The van der Waals surface area contributed by atoms with Crippen molar-refractivity contribution in [3.05, 3.63) is 88.7 Å². The molecule has 1 nitrogen and oxygen atoms in total. The highest BCUT2D eigenvalue weighted by atomic mass is 19.2. The number of benzene rings is 3. The summed E-state index contributed by atoms with van der Waals surface area (Å²) < 4.78 is 49.4. The summed E-state index contributed by atoms with van der Waals surface area (Å²) >= 11 is 0. The second-order valence-electron chi connectivity index (χ2n) is 9.14. The minimum atomic E-state index is -0.772. The van der Waals surface area contributed by atoms with Crippen LogP contribution in [0.25, 0.3) is 11.1 Å². The smallest absolute Gasteiger partial charge is 0.166 e. The summed E-state index contributed by atoms with van der Waals surface area (Å²) in [4.78, 5) is 0. The van der Waals surface area contributed by atoms with Crippen molar-refractivity contribution >= 4 is 0 Å². The average Bonchev–Trinajstić information content (AvgIpc) is 2.82. The lowest BCUT2D eigenvalue weighted by atomic mass is 9.76. The van der Waals surface area contributed by atoms with Crippen LogP contribution in [0.4, 0.5) is 13.2 Å². The summed E-state index contributed by atoms with van der Waals surface area (Å²) in [7, 11) is 0. The zero-order valence-electron chi connectivity index (χ0n) is 19.3. The normalized spacial score (nSPS) is 18.3. The molecule has 0 amide bonds. The number of hydrogen-bond donors (Lipinski definition) is 0. The van der Waals surface area contributed by atoms with Gasteiger partial charge in [-0.2, -0.15) is 0 Å². The van der Waals surface area contributed by atoms with Gasteiger partial charge in [-0.15, -0.1) is 0 Å². The Balaban J connectivity index is 1.34. The number of aryl methyl sites for hydroxylation is 2. The van der Waals surface area contributed by atoms with Gasteiger partial charge in [-0.25, -0.2) is 13.2 Å². The van der Waals surface area contributed by atoms with Crippen LogP contribution in [0, 0.1) is 30.3 Å². The summed E-state index contributed by atoms with van der Waals surface area (Å²) in [5.41, 5.74) is 3.26. The van der Waals surface area contributed by atoms with Crippen LogP contribution < -0.4 is 4.74 Å². The molecule has 0 unspecified atom stereocenters. The van der Waals surface area contributed by atoms with Gasteiger partial charge in [0, 0.05) is 11.6 Å². The van der Waals surface area contributed by atoms with Crippen LogP contribution in [0.2, 0.25) is 0 Å². The monoisotopic (exact) mass is 452 g/mol. The fourth-order valence-corrected chi connectivity index (χ4v) is 4.96. The fourth-order valence-electron chi connectivity index (χ4n) is 4.96. The van der Waals surface area contributed by atoms with Gasteiger partial charge in [0.25, 0.3) is 0 Å². The number of ether oxygens (including phenoxy) is 1. The van der Waals surface area contributed by atoms with E-state index < -0.39 is 11.6 Å². The van der Waals surface area contributed by atoms with Crippen LogP contribution in [0.3, 0.4) is 0 Å². The molecule has 0 heterocycles. The molecule has 33 heavy (non-hydrogen) atoms. The molecule has 3 aromatic rings. The predicted octanol–water partition coefficient (Wildman–Crippen LogP) is 8.38. The van der Waals surface area contributed by atoms with E-state index >= 15 is 0 Å². The fraction of sp³-hybridized carbons (Fsp3) is 0.379.